The number of carbonyl (C=O) groups is 1. The van der Waals surface area contributed by atoms with Crippen LogP contribution in [0.2, 0.25) is 0 Å². The van der Waals surface area contributed by atoms with Crippen molar-refractivity contribution in [1.82, 2.24) is 5.32 Å². The number of carboxylic acids is 1. The summed E-state index contributed by atoms with van der Waals surface area (Å²) < 4.78 is 62.1. The molecule has 0 bridgehead atoms. The Morgan fingerprint density at radius 1 is 1.00 bits per heavy atom. The molecule has 0 radical (unpaired) electrons. The third-order valence-corrected chi connectivity index (χ3v) is 1.84. The van der Waals surface area contributed by atoms with Gasteiger partial charge in [0.05, 0.1) is 0 Å². The molecule has 1 aromatic carbocycles. The average Bonchev–Trinajstić information content (AvgIpc) is 2.34. The Morgan fingerprint density at radius 2 is 1.26 bits per heavy atom. The van der Waals surface area contributed by atoms with Gasteiger partial charge >= 0.3 is 5.97 Å². The number of nitrogens with one attached hydrogen (secondary N) is 1. The molecule has 1 atom stereocenters. The first-order valence-electron chi connectivity index (χ1n) is 4.75. The number of rotatable bonds is 2. The highest BCUT2D eigenvalue weighted by Gasteiger charge is 2.29. The molecule has 0 aliphatic carbocycles. The summed E-state index contributed by atoms with van der Waals surface area (Å²) in [6.45, 7) is 1.67. The van der Waals surface area contributed by atoms with Crippen LogP contribution in [0.3, 0.4) is 0 Å². The van der Waals surface area contributed by atoms with E-state index in [1.807, 2.05) is 0 Å². The van der Waals surface area contributed by atoms with E-state index in [4.69, 9.17) is 10.2 Å². The van der Waals surface area contributed by atoms with Gasteiger partial charge in [-0.05, 0) is 14.0 Å². The highest BCUT2D eigenvalue weighted by atomic mass is 19.2. The lowest BCUT2D eigenvalue weighted by molar-refractivity contribution is 0.0682. The zero-order valence-corrected chi connectivity index (χ0v) is 9.77. The summed E-state index contributed by atoms with van der Waals surface area (Å²) in [5.41, 5.74) is -1.86. The molecule has 0 aliphatic heterocycles. The number of aliphatic hydroxyl groups excluding tert-OH is 1. The molecule has 108 valence electrons. The van der Waals surface area contributed by atoms with Crippen LogP contribution in [-0.4, -0.2) is 29.5 Å². The smallest absolute Gasteiger partial charge is 0.341 e. The largest absolute Gasteiger partial charge is 0.477 e. The Morgan fingerprint density at radius 3 is 1.47 bits per heavy atom. The summed E-state index contributed by atoms with van der Waals surface area (Å²) in [4.78, 5) is 10.1. The minimum atomic E-state index is -2.38. The first-order valence-corrected chi connectivity index (χ1v) is 4.75. The Bertz CT molecular complexity index is 450. The molecular formula is C10H10F5NO3. The molecule has 1 aromatic rings. The van der Waals surface area contributed by atoms with Gasteiger partial charge in [-0.2, -0.15) is 0 Å². The van der Waals surface area contributed by atoms with Crippen LogP contribution in [0, 0.1) is 29.1 Å². The van der Waals surface area contributed by atoms with Crippen LogP contribution in [0.25, 0.3) is 0 Å². The van der Waals surface area contributed by atoms with Gasteiger partial charge in [-0.1, -0.05) is 0 Å². The predicted molar refractivity (Wildman–Crippen MR) is 53.9 cm³/mol. The number of aromatic carboxylic acids is 1. The molecule has 0 saturated heterocycles. The molecule has 0 saturated carbocycles. The fraction of sp³-hybridized carbons (Fsp3) is 0.300. The number of hydrogen-bond acceptors (Lipinski definition) is 3. The number of hydrogen-bond donors (Lipinski definition) is 3. The third-order valence-electron chi connectivity index (χ3n) is 1.84. The van der Waals surface area contributed by atoms with Crippen molar-refractivity contribution in [2.75, 3.05) is 7.05 Å². The Hall–Kier alpha value is -1.74. The van der Waals surface area contributed by atoms with Crippen molar-refractivity contribution in [2.45, 2.75) is 13.2 Å². The zero-order chi connectivity index (χ0) is 15.3. The van der Waals surface area contributed by atoms with Gasteiger partial charge in [-0.15, -0.1) is 0 Å². The van der Waals surface area contributed by atoms with Crippen LogP contribution in [-0.2, 0) is 0 Å². The fourth-order valence-corrected chi connectivity index (χ4v) is 0.793. The second-order valence-corrected chi connectivity index (χ2v) is 3.21. The van der Waals surface area contributed by atoms with E-state index in [0.717, 1.165) is 0 Å². The van der Waals surface area contributed by atoms with Crippen LogP contribution in [0.5, 0.6) is 0 Å². The number of benzene rings is 1. The van der Waals surface area contributed by atoms with Crippen LogP contribution in [0.4, 0.5) is 22.0 Å². The summed E-state index contributed by atoms with van der Waals surface area (Å²) in [7, 11) is 1.70. The van der Waals surface area contributed by atoms with Gasteiger partial charge in [0.2, 0.25) is 5.82 Å². The van der Waals surface area contributed by atoms with Gasteiger partial charge in [0.1, 0.15) is 11.8 Å². The summed E-state index contributed by atoms with van der Waals surface area (Å²) in [5, 5.41) is 19.0. The Kier molecular flexibility index (Phi) is 6.36. The number of aliphatic hydroxyl groups is 1. The minimum absolute atomic E-state index is 0.366. The highest BCUT2D eigenvalue weighted by molar-refractivity contribution is 5.88. The highest BCUT2D eigenvalue weighted by Crippen LogP contribution is 2.22. The molecule has 9 heteroatoms. The lowest BCUT2D eigenvalue weighted by Crippen LogP contribution is -2.19. The average molecular weight is 287 g/mol. The van der Waals surface area contributed by atoms with Crippen LogP contribution >= 0.6 is 0 Å². The summed E-state index contributed by atoms with van der Waals surface area (Å²) in [5.74, 6) is -13.9. The lowest BCUT2D eigenvalue weighted by atomic mass is 10.1. The van der Waals surface area contributed by atoms with Gasteiger partial charge < -0.3 is 10.2 Å². The number of carboxylic acid groups (broad SMARTS) is 1. The molecule has 0 fully saturated rings. The SMILES string of the molecule is CNC(C)O.O=C(O)c1c(F)c(F)c(F)c(F)c1F. The molecule has 1 rings (SSSR count). The van der Waals surface area contributed by atoms with Gasteiger partial charge in [0.25, 0.3) is 0 Å². The van der Waals surface area contributed by atoms with Gasteiger partial charge in [-0.25, -0.2) is 26.7 Å². The van der Waals surface area contributed by atoms with Gasteiger partial charge in [0, 0.05) is 0 Å². The normalized spacial score (nSPS) is 11.6. The van der Waals surface area contributed by atoms with E-state index in [0.29, 0.717) is 0 Å². The van der Waals surface area contributed by atoms with E-state index >= 15 is 0 Å². The summed E-state index contributed by atoms with van der Waals surface area (Å²) in [6, 6.07) is 0. The Balaban J connectivity index is 0.000000555. The molecule has 0 spiro atoms. The van der Waals surface area contributed by atoms with E-state index in [-0.39, 0.29) is 6.23 Å². The molecule has 3 N–H and O–H groups in total. The van der Waals surface area contributed by atoms with Gasteiger partial charge in [-0.3, -0.25) is 5.32 Å². The first-order chi connectivity index (χ1) is 8.64. The van der Waals surface area contributed by atoms with E-state index in [1.165, 1.54) is 0 Å². The topological polar surface area (TPSA) is 69.6 Å². The molecule has 0 aliphatic rings. The summed E-state index contributed by atoms with van der Waals surface area (Å²) >= 11 is 0. The molecule has 0 amide bonds. The van der Waals surface area contributed by atoms with Crippen molar-refractivity contribution in [1.29, 1.82) is 0 Å². The molecule has 4 nitrogen and oxygen atoms in total. The quantitative estimate of drug-likeness (QED) is 0.335. The predicted octanol–water partition coefficient (Wildman–Crippen LogP) is 1.62. The van der Waals surface area contributed by atoms with Crippen LogP contribution < -0.4 is 5.32 Å². The van der Waals surface area contributed by atoms with Crippen molar-refractivity contribution in [3.05, 3.63) is 34.6 Å². The molecule has 0 aromatic heterocycles. The van der Waals surface area contributed by atoms with Crippen LogP contribution in [0.15, 0.2) is 0 Å². The number of halogens is 5. The van der Waals surface area contributed by atoms with Crippen molar-refractivity contribution in [3.8, 4) is 0 Å². The Labute approximate surface area is 104 Å². The minimum Gasteiger partial charge on any atom is -0.477 e. The fourth-order valence-electron chi connectivity index (χ4n) is 0.793. The van der Waals surface area contributed by atoms with E-state index in [1.54, 1.807) is 14.0 Å². The second-order valence-electron chi connectivity index (χ2n) is 3.21. The standard InChI is InChI=1S/C7HF5O2.C3H9NO/c8-2-1(7(13)14)3(9)5(11)6(12)4(2)10;1-3(5)4-2/h(H,13,14);3-5H,1-2H3. The molecule has 19 heavy (non-hydrogen) atoms. The van der Waals surface area contributed by atoms with Crippen molar-refractivity contribution < 1.29 is 37.0 Å². The monoisotopic (exact) mass is 287 g/mol. The van der Waals surface area contributed by atoms with E-state index < -0.39 is 40.6 Å². The molecule has 1 unspecified atom stereocenters. The third kappa shape index (κ3) is 4.14. The second kappa shape index (κ2) is 7.00. The van der Waals surface area contributed by atoms with Crippen molar-refractivity contribution in [2.24, 2.45) is 0 Å². The lowest BCUT2D eigenvalue weighted by Gasteiger charge is -2.03. The zero-order valence-electron chi connectivity index (χ0n) is 9.77. The van der Waals surface area contributed by atoms with Crippen molar-refractivity contribution in [3.63, 3.8) is 0 Å². The van der Waals surface area contributed by atoms with E-state index in [2.05, 4.69) is 5.32 Å². The maximum Gasteiger partial charge on any atom is 0.341 e. The van der Waals surface area contributed by atoms with Crippen LogP contribution in [0.1, 0.15) is 17.3 Å². The van der Waals surface area contributed by atoms with Crippen molar-refractivity contribution >= 4 is 5.97 Å². The van der Waals surface area contributed by atoms with E-state index in [9.17, 15) is 26.7 Å². The van der Waals surface area contributed by atoms with Gasteiger partial charge in [0.15, 0.2) is 23.3 Å². The molecular weight excluding hydrogens is 277 g/mol. The molecule has 0 heterocycles. The first kappa shape index (κ1) is 17.3. The maximum absolute atomic E-state index is 12.6. The maximum atomic E-state index is 12.6. The summed E-state index contributed by atoms with van der Waals surface area (Å²) in [6.07, 6.45) is -0.366.